The van der Waals surface area contributed by atoms with Gasteiger partial charge in [-0.05, 0) is 24.3 Å². The molecule has 3 aromatic heterocycles. The number of para-hydroxylation sites is 1. The molecule has 5 rings (SSSR count). The molecule has 0 unspecified atom stereocenters. The highest BCUT2D eigenvalue weighted by molar-refractivity contribution is 6.13. The van der Waals surface area contributed by atoms with Crippen LogP contribution in [0.1, 0.15) is 10.4 Å². The Bertz CT molecular complexity index is 1390. The van der Waals surface area contributed by atoms with Crippen molar-refractivity contribution in [2.24, 2.45) is 0 Å². The van der Waals surface area contributed by atoms with E-state index in [0.29, 0.717) is 22.7 Å². The van der Waals surface area contributed by atoms with Gasteiger partial charge in [-0.1, -0.05) is 29.4 Å². The van der Waals surface area contributed by atoms with Crippen LogP contribution in [0, 0.1) is 0 Å². The summed E-state index contributed by atoms with van der Waals surface area (Å²) < 4.78 is 16.5. The Labute approximate surface area is 170 Å². The monoisotopic (exact) mass is 400 g/mol. The minimum Gasteiger partial charge on any atom is -0.495 e. The lowest BCUT2D eigenvalue weighted by molar-refractivity contribution is 0.102. The second-order valence-electron chi connectivity index (χ2n) is 6.59. The number of nitrogen functional groups attached to an aromatic ring is 1. The summed E-state index contributed by atoms with van der Waals surface area (Å²) in [6.07, 6.45) is 1.60. The van der Waals surface area contributed by atoms with Crippen LogP contribution in [0.25, 0.3) is 33.3 Å². The topological polar surface area (TPSA) is 116 Å². The van der Waals surface area contributed by atoms with Crippen LogP contribution in [-0.4, -0.2) is 23.2 Å². The lowest BCUT2D eigenvalue weighted by Crippen LogP contribution is -2.14. The standard InChI is InChI=1S/C22H16N4O4/c1-28-18-10-13-12-6-2-3-8-16(12)29-17(13)11-15(18)25-22(27)19-20(26-30-21(19)23)14-7-4-5-9-24-14/h2-11H,23H2,1H3,(H,25,27). The highest BCUT2D eigenvalue weighted by atomic mass is 16.5. The molecule has 0 aliphatic rings. The van der Waals surface area contributed by atoms with Gasteiger partial charge in [-0.3, -0.25) is 9.78 Å². The van der Waals surface area contributed by atoms with Crippen LogP contribution < -0.4 is 15.8 Å². The van der Waals surface area contributed by atoms with Gasteiger partial charge in [0.25, 0.3) is 5.91 Å². The minimum absolute atomic E-state index is 0.0976. The molecule has 5 aromatic rings. The number of ether oxygens (including phenoxy) is 1. The lowest BCUT2D eigenvalue weighted by Gasteiger charge is -2.10. The molecule has 30 heavy (non-hydrogen) atoms. The Morgan fingerprint density at radius 3 is 2.70 bits per heavy atom. The fourth-order valence-electron chi connectivity index (χ4n) is 3.40. The normalized spacial score (nSPS) is 11.1. The zero-order chi connectivity index (χ0) is 20.7. The van der Waals surface area contributed by atoms with E-state index < -0.39 is 5.91 Å². The van der Waals surface area contributed by atoms with E-state index >= 15 is 0 Å². The molecule has 0 fully saturated rings. The molecule has 0 atom stereocenters. The molecule has 0 spiro atoms. The van der Waals surface area contributed by atoms with Gasteiger partial charge in [0.05, 0.1) is 18.5 Å². The number of aromatic nitrogens is 2. The van der Waals surface area contributed by atoms with Gasteiger partial charge < -0.3 is 24.7 Å². The van der Waals surface area contributed by atoms with E-state index in [1.165, 1.54) is 7.11 Å². The number of hydrogen-bond donors (Lipinski definition) is 2. The number of fused-ring (bicyclic) bond motifs is 3. The summed E-state index contributed by atoms with van der Waals surface area (Å²) >= 11 is 0. The number of pyridine rings is 1. The van der Waals surface area contributed by atoms with Crippen LogP contribution in [0.2, 0.25) is 0 Å². The van der Waals surface area contributed by atoms with Gasteiger partial charge >= 0.3 is 0 Å². The van der Waals surface area contributed by atoms with Gasteiger partial charge in [0.2, 0.25) is 5.88 Å². The van der Waals surface area contributed by atoms with E-state index in [-0.39, 0.29) is 17.1 Å². The largest absolute Gasteiger partial charge is 0.495 e. The van der Waals surface area contributed by atoms with Crippen LogP contribution >= 0.6 is 0 Å². The molecule has 8 nitrogen and oxygen atoms in total. The molecule has 3 N–H and O–H groups in total. The van der Waals surface area contributed by atoms with Crippen molar-refractivity contribution in [3.05, 3.63) is 66.4 Å². The molecule has 0 bridgehead atoms. The number of nitrogens with zero attached hydrogens (tertiary/aromatic N) is 2. The summed E-state index contributed by atoms with van der Waals surface area (Å²) in [4.78, 5) is 17.3. The summed E-state index contributed by atoms with van der Waals surface area (Å²) in [7, 11) is 1.53. The van der Waals surface area contributed by atoms with Gasteiger partial charge in [0.1, 0.15) is 28.2 Å². The van der Waals surface area contributed by atoms with Crippen LogP contribution in [0.5, 0.6) is 5.75 Å². The predicted molar refractivity (Wildman–Crippen MR) is 112 cm³/mol. The Morgan fingerprint density at radius 1 is 1.07 bits per heavy atom. The Hall–Kier alpha value is -4.33. The van der Waals surface area contributed by atoms with E-state index in [9.17, 15) is 4.79 Å². The number of nitrogens with one attached hydrogen (secondary N) is 1. The number of amides is 1. The Morgan fingerprint density at radius 2 is 1.90 bits per heavy atom. The second kappa shape index (κ2) is 6.93. The maximum Gasteiger partial charge on any atom is 0.263 e. The Kier molecular flexibility index (Phi) is 4.10. The number of nitrogens with two attached hydrogens (primary N) is 1. The highest BCUT2D eigenvalue weighted by Gasteiger charge is 2.24. The second-order valence-corrected chi connectivity index (χ2v) is 6.59. The van der Waals surface area contributed by atoms with Gasteiger partial charge in [0.15, 0.2) is 0 Å². The summed E-state index contributed by atoms with van der Waals surface area (Å²) in [5, 5.41) is 8.57. The maximum absolute atomic E-state index is 13.1. The number of carbonyl (C=O) groups excluding carboxylic acids is 1. The molecule has 3 heterocycles. The fourth-order valence-corrected chi connectivity index (χ4v) is 3.40. The lowest BCUT2D eigenvalue weighted by atomic mass is 10.1. The van der Waals surface area contributed by atoms with Gasteiger partial charge in [-0.15, -0.1) is 0 Å². The number of benzene rings is 2. The molecular weight excluding hydrogens is 384 g/mol. The molecule has 148 valence electrons. The SMILES string of the molecule is COc1cc2c(cc1NC(=O)c1c(-c3ccccn3)noc1N)oc1ccccc12. The van der Waals surface area contributed by atoms with E-state index in [1.807, 2.05) is 30.3 Å². The first kappa shape index (κ1) is 17.7. The van der Waals surface area contributed by atoms with Crippen molar-refractivity contribution >= 4 is 39.4 Å². The van der Waals surface area contributed by atoms with Crippen molar-refractivity contribution in [1.82, 2.24) is 10.1 Å². The average Bonchev–Trinajstić information content (AvgIpc) is 3.33. The van der Waals surface area contributed by atoms with Crippen LogP contribution in [-0.2, 0) is 0 Å². The Balaban J connectivity index is 1.57. The third-order valence-corrected chi connectivity index (χ3v) is 4.80. The molecular formula is C22H16N4O4. The summed E-state index contributed by atoms with van der Waals surface area (Å²) in [6.45, 7) is 0. The number of anilines is 2. The number of furan rings is 1. The van der Waals surface area contributed by atoms with Crippen molar-refractivity contribution in [2.45, 2.75) is 0 Å². The third kappa shape index (κ3) is 2.82. The minimum atomic E-state index is -0.497. The predicted octanol–water partition coefficient (Wildman–Crippen LogP) is 4.48. The smallest absolute Gasteiger partial charge is 0.263 e. The number of hydrogen-bond acceptors (Lipinski definition) is 7. The van der Waals surface area contributed by atoms with E-state index in [4.69, 9.17) is 19.4 Å². The molecule has 2 aromatic carbocycles. The van der Waals surface area contributed by atoms with E-state index in [1.54, 1.807) is 30.5 Å². The first-order valence-electron chi connectivity index (χ1n) is 9.13. The summed E-state index contributed by atoms with van der Waals surface area (Å²) in [6, 6.07) is 16.5. The van der Waals surface area contributed by atoms with Crippen LogP contribution in [0.15, 0.2) is 69.7 Å². The summed E-state index contributed by atoms with van der Waals surface area (Å²) in [5.41, 5.74) is 8.51. The molecule has 0 aliphatic heterocycles. The van der Waals surface area contributed by atoms with Crippen molar-refractivity contribution in [3.8, 4) is 17.1 Å². The van der Waals surface area contributed by atoms with Crippen molar-refractivity contribution in [3.63, 3.8) is 0 Å². The quantitative estimate of drug-likeness (QED) is 0.457. The van der Waals surface area contributed by atoms with Gasteiger partial charge in [-0.25, -0.2) is 0 Å². The highest BCUT2D eigenvalue weighted by Crippen LogP contribution is 2.37. The molecule has 1 amide bonds. The molecule has 8 heteroatoms. The van der Waals surface area contributed by atoms with Crippen LogP contribution in [0.3, 0.4) is 0 Å². The van der Waals surface area contributed by atoms with E-state index in [2.05, 4.69) is 15.5 Å². The first-order chi connectivity index (χ1) is 14.7. The number of methoxy groups -OCH3 is 1. The van der Waals surface area contributed by atoms with Crippen LogP contribution in [0.4, 0.5) is 11.6 Å². The zero-order valence-corrected chi connectivity index (χ0v) is 15.9. The first-order valence-corrected chi connectivity index (χ1v) is 9.13. The number of rotatable bonds is 4. The zero-order valence-electron chi connectivity index (χ0n) is 15.9. The summed E-state index contributed by atoms with van der Waals surface area (Å²) in [5.74, 6) is -0.114. The van der Waals surface area contributed by atoms with Gasteiger partial charge in [-0.2, -0.15) is 0 Å². The maximum atomic E-state index is 13.1. The molecule has 0 saturated carbocycles. The third-order valence-electron chi connectivity index (χ3n) is 4.80. The fraction of sp³-hybridized carbons (Fsp3) is 0.0455. The number of carbonyl (C=O) groups is 1. The van der Waals surface area contributed by atoms with Gasteiger partial charge in [0, 0.05) is 23.0 Å². The van der Waals surface area contributed by atoms with Crippen molar-refractivity contribution in [2.75, 3.05) is 18.2 Å². The average molecular weight is 400 g/mol. The van der Waals surface area contributed by atoms with E-state index in [0.717, 1.165) is 16.4 Å². The van der Waals surface area contributed by atoms with Crippen molar-refractivity contribution < 1.29 is 18.5 Å². The van der Waals surface area contributed by atoms with Crippen molar-refractivity contribution in [1.29, 1.82) is 0 Å². The molecule has 0 radical (unpaired) electrons. The molecule has 0 saturated heterocycles. The molecule has 0 aliphatic carbocycles.